The SMILES string of the molecule is CCN1CCC(N2CCC(CC)(C(=O)O)C2)CC1. The highest BCUT2D eigenvalue weighted by Gasteiger charge is 2.45. The molecule has 0 spiro atoms. The molecule has 0 saturated carbocycles. The summed E-state index contributed by atoms with van der Waals surface area (Å²) < 4.78 is 0. The fraction of sp³-hybridized carbons (Fsp3) is 0.929. The number of likely N-dealkylation sites (tertiary alicyclic amines) is 2. The number of carboxylic acid groups (broad SMARTS) is 1. The van der Waals surface area contributed by atoms with E-state index in [0.29, 0.717) is 6.04 Å². The number of hydrogen-bond donors (Lipinski definition) is 1. The summed E-state index contributed by atoms with van der Waals surface area (Å²) in [6.07, 6.45) is 3.99. The molecule has 1 atom stereocenters. The maximum atomic E-state index is 11.4. The molecule has 2 aliphatic rings. The van der Waals surface area contributed by atoms with Crippen LogP contribution >= 0.6 is 0 Å². The average molecular weight is 254 g/mol. The molecule has 2 saturated heterocycles. The van der Waals surface area contributed by atoms with E-state index in [0.717, 1.165) is 32.5 Å². The molecule has 4 heteroatoms. The Labute approximate surface area is 110 Å². The summed E-state index contributed by atoms with van der Waals surface area (Å²) in [7, 11) is 0. The van der Waals surface area contributed by atoms with Crippen molar-refractivity contribution in [1.29, 1.82) is 0 Å². The van der Waals surface area contributed by atoms with Crippen molar-refractivity contribution in [2.24, 2.45) is 5.41 Å². The first kappa shape index (κ1) is 13.8. The van der Waals surface area contributed by atoms with Crippen molar-refractivity contribution in [3.8, 4) is 0 Å². The van der Waals surface area contributed by atoms with Crippen LogP contribution in [0.1, 0.15) is 39.5 Å². The van der Waals surface area contributed by atoms with E-state index in [2.05, 4.69) is 16.7 Å². The molecule has 0 aliphatic carbocycles. The van der Waals surface area contributed by atoms with Crippen molar-refractivity contribution < 1.29 is 9.90 Å². The lowest BCUT2D eigenvalue weighted by atomic mass is 9.84. The van der Waals surface area contributed by atoms with Crippen molar-refractivity contribution in [2.45, 2.75) is 45.6 Å². The van der Waals surface area contributed by atoms with Crippen molar-refractivity contribution in [3.05, 3.63) is 0 Å². The molecular weight excluding hydrogens is 228 g/mol. The Bertz CT molecular complexity index is 300. The van der Waals surface area contributed by atoms with Gasteiger partial charge in [0.15, 0.2) is 0 Å². The van der Waals surface area contributed by atoms with E-state index in [4.69, 9.17) is 0 Å². The van der Waals surface area contributed by atoms with Gasteiger partial charge >= 0.3 is 5.97 Å². The fourth-order valence-electron chi connectivity index (χ4n) is 3.43. The zero-order chi connectivity index (χ0) is 13.2. The Balaban J connectivity index is 1.91. The highest BCUT2D eigenvalue weighted by atomic mass is 16.4. The maximum absolute atomic E-state index is 11.4. The summed E-state index contributed by atoms with van der Waals surface area (Å²) in [5, 5.41) is 9.43. The second-order valence-corrected chi connectivity index (χ2v) is 5.82. The Morgan fingerprint density at radius 3 is 2.39 bits per heavy atom. The summed E-state index contributed by atoms with van der Waals surface area (Å²) in [6.45, 7) is 9.43. The molecule has 0 radical (unpaired) electrons. The molecule has 2 heterocycles. The highest BCUT2D eigenvalue weighted by molar-refractivity contribution is 5.75. The van der Waals surface area contributed by atoms with E-state index in [9.17, 15) is 9.90 Å². The number of nitrogens with zero attached hydrogens (tertiary/aromatic N) is 2. The molecule has 0 aromatic heterocycles. The van der Waals surface area contributed by atoms with Crippen LogP contribution in [-0.2, 0) is 4.79 Å². The van der Waals surface area contributed by atoms with Crippen molar-refractivity contribution >= 4 is 5.97 Å². The Morgan fingerprint density at radius 1 is 1.28 bits per heavy atom. The number of carboxylic acids is 1. The standard InChI is InChI=1S/C14H26N2O2/c1-3-14(13(17)18)7-10-16(11-14)12-5-8-15(4-2)9-6-12/h12H,3-11H2,1-2H3,(H,17,18). The first-order valence-electron chi connectivity index (χ1n) is 7.31. The molecule has 1 unspecified atom stereocenters. The lowest BCUT2D eigenvalue weighted by molar-refractivity contribution is -0.148. The van der Waals surface area contributed by atoms with E-state index in [1.165, 1.54) is 25.9 Å². The van der Waals surface area contributed by atoms with Crippen LogP contribution in [0.2, 0.25) is 0 Å². The second-order valence-electron chi connectivity index (χ2n) is 5.82. The molecule has 0 amide bonds. The monoisotopic (exact) mass is 254 g/mol. The minimum atomic E-state index is -0.599. The highest BCUT2D eigenvalue weighted by Crippen LogP contribution is 2.36. The van der Waals surface area contributed by atoms with Gasteiger partial charge in [-0.25, -0.2) is 0 Å². The van der Waals surface area contributed by atoms with Gasteiger partial charge in [-0.1, -0.05) is 13.8 Å². The van der Waals surface area contributed by atoms with Crippen LogP contribution in [0.5, 0.6) is 0 Å². The molecule has 0 bridgehead atoms. The van der Waals surface area contributed by atoms with E-state index >= 15 is 0 Å². The fourth-order valence-corrected chi connectivity index (χ4v) is 3.43. The Hall–Kier alpha value is -0.610. The van der Waals surface area contributed by atoms with Gasteiger partial charge in [-0.15, -0.1) is 0 Å². The van der Waals surface area contributed by atoms with Crippen molar-refractivity contribution in [2.75, 3.05) is 32.7 Å². The molecule has 2 aliphatic heterocycles. The van der Waals surface area contributed by atoms with Crippen LogP contribution in [0.15, 0.2) is 0 Å². The number of rotatable bonds is 4. The minimum absolute atomic E-state index is 0.470. The summed E-state index contributed by atoms with van der Waals surface area (Å²) in [6, 6.07) is 0.612. The molecule has 4 nitrogen and oxygen atoms in total. The van der Waals surface area contributed by atoms with E-state index in [1.54, 1.807) is 0 Å². The minimum Gasteiger partial charge on any atom is -0.481 e. The third kappa shape index (κ3) is 2.54. The van der Waals surface area contributed by atoms with Gasteiger partial charge < -0.3 is 10.0 Å². The van der Waals surface area contributed by atoms with E-state index < -0.39 is 11.4 Å². The maximum Gasteiger partial charge on any atom is 0.310 e. The molecule has 104 valence electrons. The number of hydrogen-bond acceptors (Lipinski definition) is 3. The quantitative estimate of drug-likeness (QED) is 0.828. The predicted molar refractivity (Wildman–Crippen MR) is 71.7 cm³/mol. The van der Waals surface area contributed by atoms with Gasteiger partial charge in [-0.05, 0) is 51.9 Å². The summed E-state index contributed by atoms with van der Waals surface area (Å²) in [4.78, 5) is 16.4. The summed E-state index contributed by atoms with van der Waals surface area (Å²) >= 11 is 0. The van der Waals surface area contributed by atoms with Crippen LogP contribution in [-0.4, -0.2) is 59.6 Å². The van der Waals surface area contributed by atoms with Crippen LogP contribution < -0.4 is 0 Å². The normalized spacial score (nSPS) is 31.9. The summed E-state index contributed by atoms with van der Waals surface area (Å²) in [5.74, 6) is -0.599. The predicted octanol–water partition coefficient (Wildman–Crippen LogP) is 1.66. The topological polar surface area (TPSA) is 43.8 Å². The van der Waals surface area contributed by atoms with Gasteiger partial charge in [0.1, 0.15) is 0 Å². The average Bonchev–Trinajstić information content (AvgIpc) is 2.84. The zero-order valence-electron chi connectivity index (χ0n) is 11.7. The Morgan fingerprint density at radius 2 is 1.94 bits per heavy atom. The molecular formula is C14H26N2O2. The number of carbonyl (C=O) groups is 1. The summed E-state index contributed by atoms with van der Waals surface area (Å²) in [5.41, 5.74) is -0.470. The van der Waals surface area contributed by atoms with Crippen LogP contribution in [0.4, 0.5) is 0 Å². The van der Waals surface area contributed by atoms with Gasteiger partial charge in [0, 0.05) is 12.6 Å². The zero-order valence-corrected chi connectivity index (χ0v) is 11.7. The van der Waals surface area contributed by atoms with Crippen molar-refractivity contribution in [3.63, 3.8) is 0 Å². The molecule has 2 rings (SSSR count). The third-order valence-electron chi connectivity index (χ3n) is 5.03. The van der Waals surface area contributed by atoms with Crippen molar-refractivity contribution in [1.82, 2.24) is 9.80 Å². The largest absolute Gasteiger partial charge is 0.481 e. The second kappa shape index (κ2) is 5.57. The van der Waals surface area contributed by atoms with Gasteiger partial charge in [-0.3, -0.25) is 9.69 Å². The first-order valence-corrected chi connectivity index (χ1v) is 7.31. The van der Waals surface area contributed by atoms with Gasteiger partial charge in [0.05, 0.1) is 5.41 Å². The van der Waals surface area contributed by atoms with Gasteiger partial charge in [0.25, 0.3) is 0 Å². The molecule has 0 aromatic carbocycles. The molecule has 2 fully saturated rings. The van der Waals surface area contributed by atoms with Gasteiger partial charge in [-0.2, -0.15) is 0 Å². The van der Waals surface area contributed by atoms with Crippen LogP contribution in [0.25, 0.3) is 0 Å². The number of aliphatic carboxylic acids is 1. The molecule has 0 aromatic rings. The number of piperidine rings is 1. The van der Waals surface area contributed by atoms with Crippen LogP contribution in [0, 0.1) is 5.41 Å². The van der Waals surface area contributed by atoms with Crippen LogP contribution in [0.3, 0.4) is 0 Å². The lowest BCUT2D eigenvalue weighted by Gasteiger charge is -2.37. The van der Waals surface area contributed by atoms with E-state index in [-0.39, 0.29) is 0 Å². The Kier molecular flexibility index (Phi) is 4.28. The molecule has 18 heavy (non-hydrogen) atoms. The first-order chi connectivity index (χ1) is 8.61. The molecule has 1 N–H and O–H groups in total. The lowest BCUT2D eigenvalue weighted by Crippen LogP contribution is -2.45. The third-order valence-corrected chi connectivity index (χ3v) is 5.03. The smallest absolute Gasteiger partial charge is 0.310 e. The van der Waals surface area contributed by atoms with E-state index in [1.807, 2.05) is 6.92 Å². The van der Waals surface area contributed by atoms with Gasteiger partial charge in [0.2, 0.25) is 0 Å².